The quantitative estimate of drug-likeness (QED) is 0.292. The number of carbonyl (C=O) groups is 1. The summed E-state index contributed by atoms with van der Waals surface area (Å²) in [5, 5.41) is 0. The van der Waals surface area contributed by atoms with Gasteiger partial charge in [0.25, 0.3) is 0 Å². The van der Waals surface area contributed by atoms with Gasteiger partial charge in [-0.1, -0.05) is 19.9 Å². The molecule has 0 saturated carbocycles. The molecule has 0 N–H and O–H groups in total. The third kappa shape index (κ3) is 7.73. The van der Waals surface area contributed by atoms with Crippen molar-refractivity contribution in [3.05, 3.63) is 12.7 Å². The van der Waals surface area contributed by atoms with Gasteiger partial charge in [0.15, 0.2) is 0 Å². The topological polar surface area (TPSA) is 26.3 Å². The van der Waals surface area contributed by atoms with E-state index in [1.54, 1.807) is 0 Å². The van der Waals surface area contributed by atoms with Gasteiger partial charge in [0.1, 0.15) is 0 Å². The molecule has 0 unspecified atom stereocenters. The minimum Gasteiger partial charge on any atom is -0.463 e. The average molecular weight is 192 g/mol. The van der Waals surface area contributed by atoms with E-state index in [-0.39, 0.29) is 23.0 Å². The molecule has 0 atom stereocenters. The smallest absolute Gasteiger partial charge is 0.330 e. The maximum absolute atomic E-state index is 10.3. The summed E-state index contributed by atoms with van der Waals surface area (Å²) in [7, 11) is 0. The monoisotopic (exact) mass is 191 g/mol. The first kappa shape index (κ1) is 12.4. The Morgan fingerprint density at radius 3 is 2.70 bits per heavy atom. The van der Waals surface area contributed by atoms with Crippen LogP contribution >= 0.6 is 0 Å². The van der Waals surface area contributed by atoms with Crippen molar-refractivity contribution in [1.82, 2.24) is 0 Å². The van der Waals surface area contributed by atoms with Crippen molar-refractivity contribution in [1.29, 1.82) is 0 Å². The predicted octanol–water partition coefficient (Wildman–Crippen LogP) is 1.51. The second-order valence-electron chi connectivity index (χ2n) is 1.73. The first-order chi connectivity index (χ1) is 4.31. The summed E-state index contributed by atoms with van der Waals surface area (Å²) >= 11 is 0. The number of unbranched alkanes of at least 4 members (excludes halogenated alkanes) is 1. The molecule has 10 heavy (non-hydrogen) atoms. The first-order valence-corrected chi connectivity index (χ1v) is 3.10. The maximum atomic E-state index is 10.3. The zero-order valence-corrected chi connectivity index (χ0v) is 6.97. The van der Waals surface area contributed by atoms with Crippen LogP contribution in [0.15, 0.2) is 12.7 Å². The van der Waals surface area contributed by atoms with E-state index >= 15 is 0 Å². The van der Waals surface area contributed by atoms with Gasteiger partial charge in [0, 0.05) is 23.1 Å². The van der Waals surface area contributed by atoms with Crippen LogP contribution in [0.2, 0.25) is 0 Å². The number of esters is 1. The molecule has 0 amide bonds. The van der Waals surface area contributed by atoms with Crippen molar-refractivity contribution < 1.29 is 26.6 Å². The summed E-state index contributed by atoms with van der Waals surface area (Å²) in [6.45, 7) is 5.82. The van der Waals surface area contributed by atoms with E-state index in [2.05, 4.69) is 11.3 Å². The third-order valence-electron chi connectivity index (χ3n) is 0.909. The average Bonchev–Trinajstić information content (AvgIpc) is 1.89. The van der Waals surface area contributed by atoms with Crippen LogP contribution in [0.4, 0.5) is 0 Å². The molecule has 3 heteroatoms. The Kier molecular flexibility index (Phi) is 10.8. The number of rotatable bonds is 4. The van der Waals surface area contributed by atoms with Gasteiger partial charge in [-0.05, 0) is 6.42 Å². The molecule has 1 radical (unpaired) electrons. The van der Waals surface area contributed by atoms with E-state index in [9.17, 15) is 4.79 Å². The summed E-state index contributed by atoms with van der Waals surface area (Å²) in [5.41, 5.74) is 0. The summed E-state index contributed by atoms with van der Waals surface area (Å²) < 4.78 is 4.67. The molecule has 0 aliphatic rings. The summed E-state index contributed by atoms with van der Waals surface area (Å²) in [6.07, 6.45) is 3.15. The Morgan fingerprint density at radius 1 is 1.70 bits per heavy atom. The molecule has 0 rings (SSSR count). The normalized spacial score (nSPS) is 7.70. The number of hydrogen-bond acceptors (Lipinski definition) is 2. The Hall–Kier alpha value is -0.271. The van der Waals surface area contributed by atoms with Crippen LogP contribution in [0.1, 0.15) is 19.8 Å². The zero-order chi connectivity index (χ0) is 7.11. The van der Waals surface area contributed by atoms with Crippen molar-refractivity contribution in [3.63, 3.8) is 0 Å². The van der Waals surface area contributed by atoms with E-state index in [0.29, 0.717) is 6.61 Å². The van der Waals surface area contributed by atoms with Crippen LogP contribution in [-0.2, 0) is 26.6 Å². The molecule has 0 aromatic heterocycles. The molecule has 0 aliphatic heterocycles. The fourth-order valence-corrected chi connectivity index (χ4v) is 0.376. The summed E-state index contributed by atoms with van der Waals surface area (Å²) in [4.78, 5) is 10.3. The van der Waals surface area contributed by atoms with Crippen molar-refractivity contribution in [2.75, 3.05) is 6.61 Å². The van der Waals surface area contributed by atoms with Crippen LogP contribution in [-0.4, -0.2) is 12.6 Å². The molecular formula is C7H12CuO2. The summed E-state index contributed by atoms with van der Waals surface area (Å²) in [6, 6.07) is 0. The van der Waals surface area contributed by atoms with E-state index in [1.807, 2.05) is 6.92 Å². The fourth-order valence-electron chi connectivity index (χ4n) is 0.376. The van der Waals surface area contributed by atoms with E-state index in [4.69, 9.17) is 0 Å². The SMILES string of the molecule is C=CC(=O)OCCCC.[Cu]. The Labute approximate surface area is 72.1 Å². The van der Waals surface area contributed by atoms with Gasteiger partial charge in [-0.2, -0.15) is 0 Å². The van der Waals surface area contributed by atoms with E-state index in [1.165, 1.54) is 6.08 Å². The Balaban J connectivity index is 0. The van der Waals surface area contributed by atoms with Gasteiger partial charge in [0.05, 0.1) is 6.61 Å². The molecule has 63 valence electrons. The standard InChI is InChI=1S/C7H12O2.Cu/c1-3-5-6-9-7(8)4-2;/h4H,2-3,5-6H2,1H3;. The van der Waals surface area contributed by atoms with Crippen molar-refractivity contribution >= 4 is 5.97 Å². The van der Waals surface area contributed by atoms with Gasteiger partial charge in [-0.3, -0.25) is 0 Å². The second kappa shape index (κ2) is 8.73. The molecular weight excluding hydrogens is 180 g/mol. The molecule has 0 aromatic rings. The molecule has 0 spiro atoms. The number of hydrogen-bond donors (Lipinski definition) is 0. The molecule has 0 aliphatic carbocycles. The molecule has 2 nitrogen and oxygen atoms in total. The number of carbonyl (C=O) groups excluding carboxylic acids is 1. The van der Waals surface area contributed by atoms with E-state index in [0.717, 1.165) is 12.8 Å². The van der Waals surface area contributed by atoms with Crippen LogP contribution in [0.5, 0.6) is 0 Å². The van der Waals surface area contributed by atoms with E-state index < -0.39 is 0 Å². The largest absolute Gasteiger partial charge is 0.463 e. The zero-order valence-electron chi connectivity index (χ0n) is 6.02. The molecule has 0 saturated heterocycles. The van der Waals surface area contributed by atoms with Crippen LogP contribution < -0.4 is 0 Å². The Bertz CT molecular complexity index is 102. The van der Waals surface area contributed by atoms with Gasteiger partial charge in [-0.15, -0.1) is 0 Å². The van der Waals surface area contributed by atoms with Gasteiger partial charge in [0.2, 0.25) is 0 Å². The summed E-state index contributed by atoms with van der Waals surface area (Å²) in [5.74, 6) is -0.330. The minimum atomic E-state index is -0.330. The number of ether oxygens (including phenoxy) is 1. The van der Waals surface area contributed by atoms with Crippen molar-refractivity contribution in [2.24, 2.45) is 0 Å². The fraction of sp³-hybridized carbons (Fsp3) is 0.571. The van der Waals surface area contributed by atoms with Crippen LogP contribution in [0.3, 0.4) is 0 Å². The minimum absolute atomic E-state index is 0. The third-order valence-corrected chi connectivity index (χ3v) is 0.909. The molecule has 0 bridgehead atoms. The van der Waals surface area contributed by atoms with Crippen LogP contribution in [0, 0.1) is 0 Å². The van der Waals surface area contributed by atoms with Gasteiger partial charge in [-0.25, -0.2) is 4.79 Å². The van der Waals surface area contributed by atoms with Gasteiger partial charge < -0.3 is 4.74 Å². The van der Waals surface area contributed by atoms with Crippen molar-refractivity contribution in [3.8, 4) is 0 Å². The molecule has 0 heterocycles. The van der Waals surface area contributed by atoms with Crippen molar-refractivity contribution in [2.45, 2.75) is 19.8 Å². The Morgan fingerprint density at radius 2 is 2.30 bits per heavy atom. The predicted molar refractivity (Wildman–Crippen MR) is 36.1 cm³/mol. The first-order valence-electron chi connectivity index (χ1n) is 3.10. The van der Waals surface area contributed by atoms with Gasteiger partial charge >= 0.3 is 5.97 Å². The molecule has 0 aromatic carbocycles. The van der Waals surface area contributed by atoms with Crippen LogP contribution in [0.25, 0.3) is 0 Å². The second-order valence-corrected chi connectivity index (χ2v) is 1.73. The maximum Gasteiger partial charge on any atom is 0.330 e. The molecule has 0 fully saturated rings.